The van der Waals surface area contributed by atoms with Crippen molar-refractivity contribution in [3.05, 3.63) is 51.8 Å². The van der Waals surface area contributed by atoms with E-state index in [0.29, 0.717) is 16.5 Å². The molecule has 0 radical (unpaired) electrons. The maximum atomic E-state index is 12.2. The summed E-state index contributed by atoms with van der Waals surface area (Å²) in [7, 11) is 0. The Morgan fingerprint density at radius 2 is 1.96 bits per heavy atom. The largest absolute Gasteiger partial charge is 0.448 e. The minimum Gasteiger partial charge on any atom is -0.448 e. The van der Waals surface area contributed by atoms with E-state index >= 15 is 0 Å². The van der Waals surface area contributed by atoms with Gasteiger partial charge in [-0.25, -0.2) is 9.78 Å². The summed E-state index contributed by atoms with van der Waals surface area (Å²) in [5.41, 5.74) is 1.49. The number of carbonyl (C=O) groups excluding carboxylic acids is 1. The number of aryl methyl sites for hydroxylation is 2. The van der Waals surface area contributed by atoms with E-state index in [1.807, 2.05) is 37.3 Å². The van der Waals surface area contributed by atoms with Gasteiger partial charge >= 0.3 is 5.97 Å². The van der Waals surface area contributed by atoms with Gasteiger partial charge in [0.1, 0.15) is 4.88 Å². The number of hydrogen-bond acceptors (Lipinski definition) is 7. The van der Waals surface area contributed by atoms with Crippen molar-refractivity contribution >= 4 is 17.3 Å². The predicted octanol–water partition coefficient (Wildman–Crippen LogP) is 3.73. The Morgan fingerprint density at radius 3 is 2.61 bits per heavy atom. The molecule has 0 aliphatic rings. The van der Waals surface area contributed by atoms with Crippen LogP contribution < -0.4 is 0 Å². The minimum atomic E-state index is -0.630. The van der Waals surface area contributed by atoms with Crippen LogP contribution in [0, 0.1) is 13.8 Å². The van der Waals surface area contributed by atoms with E-state index < -0.39 is 12.1 Å². The van der Waals surface area contributed by atoms with E-state index in [-0.39, 0.29) is 5.89 Å². The molecular formula is C16H15N3O3S. The van der Waals surface area contributed by atoms with Crippen molar-refractivity contribution < 1.29 is 13.9 Å². The fraction of sp³-hybridized carbons (Fsp3) is 0.250. The molecule has 0 aliphatic heterocycles. The fourth-order valence-corrected chi connectivity index (χ4v) is 2.88. The van der Waals surface area contributed by atoms with E-state index in [0.717, 1.165) is 10.6 Å². The van der Waals surface area contributed by atoms with Gasteiger partial charge < -0.3 is 9.15 Å². The van der Waals surface area contributed by atoms with Gasteiger partial charge in [-0.15, -0.1) is 21.5 Å². The number of hydrogen-bond donors (Lipinski definition) is 0. The predicted molar refractivity (Wildman–Crippen MR) is 85.2 cm³/mol. The fourth-order valence-electron chi connectivity index (χ4n) is 2.08. The molecule has 2 aromatic heterocycles. The van der Waals surface area contributed by atoms with E-state index in [4.69, 9.17) is 9.15 Å². The zero-order valence-electron chi connectivity index (χ0n) is 12.9. The Labute approximate surface area is 137 Å². The number of thiazole rings is 1. The topological polar surface area (TPSA) is 78.1 Å². The summed E-state index contributed by atoms with van der Waals surface area (Å²) < 4.78 is 11.0. The zero-order valence-corrected chi connectivity index (χ0v) is 13.8. The molecule has 0 saturated carbocycles. The van der Waals surface area contributed by atoms with E-state index in [9.17, 15) is 4.79 Å². The lowest BCUT2D eigenvalue weighted by Gasteiger charge is -2.08. The Bertz CT molecular complexity index is 826. The number of ether oxygens (including phenoxy) is 1. The summed E-state index contributed by atoms with van der Waals surface area (Å²) in [5, 5.41) is 8.78. The number of benzene rings is 1. The molecule has 0 bridgehead atoms. The average Bonchev–Trinajstić information content (AvgIpc) is 3.15. The first-order valence-corrected chi connectivity index (χ1v) is 7.90. The first kappa shape index (κ1) is 15.4. The molecule has 0 saturated heterocycles. The molecule has 3 rings (SSSR count). The maximum absolute atomic E-state index is 12.2. The average molecular weight is 329 g/mol. The van der Waals surface area contributed by atoms with Crippen LogP contribution in [-0.2, 0) is 4.74 Å². The zero-order chi connectivity index (χ0) is 16.4. The second kappa shape index (κ2) is 6.29. The number of carbonyl (C=O) groups is 1. The second-order valence-electron chi connectivity index (χ2n) is 5.01. The maximum Gasteiger partial charge on any atom is 0.351 e. The molecule has 2 heterocycles. The third-order valence-electron chi connectivity index (χ3n) is 3.18. The van der Waals surface area contributed by atoms with Gasteiger partial charge in [-0.3, -0.25) is 0 Å². The van der Waals surface area contributed by atoms with Gasteiger partial charge in [0.2, 0.25) is 5.89 Å². The highest BCUT2D eigenvalue weighted by Gasteiger charge is 2.22. The molecule has 23 heavy (non-hydrogen) atoms. The van der Waals surface area contributed by atoms with Gasteiger partial charge in [0, 0.05) is 5.56 Å². The number of nitrogens with zero attached hydrogens (tertiary/aromatic N) is 3. The van der Waals surface area contributed by atoms with Gasteiger partial charge in [-0.05, 0) is 32.9 Å². The SMILES string of the molecule is Cc1nc(C)c(C(=O)O[C@@H](C)c2nnc(-c3ccccc3)o2)s1. The highest BCUT2D eigenvalue weighted by Crippen LogP contribution is 2.25. The molecule has 7 heteroatoms. The Kier molecular flexibility index (Phi) is 4.20. The monoisotopic (exact) mass is 329 g/mol. The van der Waals surface area contributed by atoms with Crippen molar-refractivity contribution in [3.8, 4) is 11.5 Å². The molecule has 118 valence electrons. The van der Waals surface area contributed by atoms with Gasteiger partial charge in [-0.2, -0.15) is 0 Å². The molecule has 0 amide bonds. The molecule has 3 aromatic rings. The van der Waals surface area contributed by atoms with Gasteiger partial charge in [0.05, 0.1) is 10.7 Å². The highest BCUT2D eigenvalue weighted by atomic mass is 32.1. The minimum absolute atomic E-state index is 0.260. The van der Waals surface area contributed by atoms with Gasteiger partial charge in [0.15, 0.2) is 6.10 Å². The van der Waals surface area contributed by atoms with Crippen molar-refractivity contribution in [1.82, 2.24) is 15.2 Å². The molecule has 0 N–H and O–H groups in total. The summed E-state index contributed by atoms with van der Waals surface area (Å²) in [6, 6.07) is 9.43. The molecule has 0 aliphatic carbocycles. The molecule has 1 aromatic carbocycles. The first-order chi connectivity index (χ1) is 11.0. The molecule has 6 nitrogen and oxygen atoms in total. The molecule has 1 atom stereocenters. The number of esters is 1. The molecule has 0 spiro atoms. The molecule has 0 fully saturated rings. The second-order valence-corrected chi connectivity index (χ2v) is 6.21. The van der Waals surface area contributed by atoms with Crippen molar-refractivity contribution in [3.63, 3.8) is 0 Å². The third kappa shape index (κ3) is 3.29. The molecule has 0 unspecified atom stereocenters. The van der Waals surface area contributed by atoms with Crippen LogP contribution >= 0.6 is 11.3 Å². The van der Waals surface area contributed by atoms with Crippen molar-refractivity contribution in [1.29, 1.82) is 0 Å². The van der Waals surface area contributed by atoms with Crippen LogP contribution in [0.3, 0.4) is 0 Å². The quantitative estimate of drug-likeness (QED) is 0.679. The standard InChI is InChI=1S/C16H15N3O3S/c1-9-13(23-11(3)17-9)16(20)21-10(2)14-18-19-15(22-14)12-7-5-4-6-8-12/h4-8,10H,1-3H3/t10-/m0/s1. The Hall–Kier alpha value is -2.54. The number of rotatable bonds is 4. The van der Waals surface area contributed by atoms with Crippen LogP contribution in [0.4, 0.5) is 0 Å². The van der Waals surface area contributed by atoms with Crippen LogP contribution in [0.1, 0.15) is 39.3 Å². The van der Waals surface area contributed by atoms with Crippen molar-refractivity contribution in [2.45, 2.75) is 26.9 Å². The van der Waals surface area contributed by atoms with Crippen LogP contribution in [-0.4, -0.2) is 21.2 Å². The van der Waals surface area contributed by atoms with Crippen molar-refractivity contribution in [2.75, 3.05) is 0 Å². The van der Waals surface area contributed by atoms with Crippen LogP contribution in [0.15, 0.2) is 34.7 Å². The smallest absolute Gasteiger partial charge is 0.351 e. The Balaban J connectivity index is 1.74. The van der Waals surface area contributed by atoms with E-state index in [2.05, 4.69) is 15.2 Å². The Morgan fingerprint density at radius 1 is 1.22 bits per heavy atom. The summed E-state index contributed by atoms with van der Waals surface area (Å²) in [6.07, 6.45) is -0.630. The lowest BCUT2D eigenvalue weighted by molar-refractivity contribution is 0.0284. The van der Waals surface area contributed by atoms with E-state index in [1.54, 1.807) is 13.8 Å². The summed E-state index contributed by atoms with van der Waals surface area (Å²) in [5.74, 6) is 0.226. The highest BCUT2D eigenvalue weighted by molar-refractivity contribution is 7.13. The first-order valence-electron chi connectivity index (χ1n) is 7.08. The van der Waals surface area contributed by atoms with E-state index in [1.165, 1.54) is 11.3 Å². The number of aromatic nitrogens is 3. The van der Waals surface area contributed by atoms with Gasteiger partial charge in [-0.1, -0.05) is 18.2 Å². The molecular weight excluding hydrogens is 314 g/mol. The van der Waals surface area contributed by atoms with Crippen molar-refractivity contribution in [2.24, 2.45) is 0 Å². The summed E-state index contributed by atoms with van der Waals surface area (Å²) in [4.78, 5) is 16.9. The third-order valence-corrected chi connectivity index (χ3v) is 4.23. The van der Waals surface area contributed by atoms with Crippen LogP contribution in [0.5, 0.6) is 0 Å². The lowest BCUT2D eigenvalue weighted by Crippen LogP contribution is -2.09. The summed E-state index contributed by atoms with van der Waals surface area (Å²) in [6.45, 7) is 5.33. The normalized spacial score (nSPS) is 12.1. The van der Waals surface area contributed by atoms with Crippen LogP contribution in [0.2, 0.25) is 0 Å². The van der Waals surface area contributed by atoms with Gasteiger partial charge in [0.25, 0.3) is 5.89 Å². The lowest BCUT2D eigenvalue weighted by atomic mass is 10.2. The van der Waals surface area contributed by atoms with Crippen LogP contribution in [0.25, 0.3) is 11.5 Å². The summed E-state index contributed by atoms with van der Waals surface area (Å²) >= 11 is 1.31.